The molecular weight excluding hydrogens is 275 g/mol. The molecule has 0 atom stereocenters. The Balaban J connectivity index is 2.58. The Morgan fingerprint density at radius 1 is 0.947 bits per heavy atom. The van der Waals surface area contributed by atoms with Crippen molar-refractivity contribution in [1.29, 1.82) is 5.26 Å². The molecule has 0 spiro atoms. The van der Waals surface area contributed by atoms with Gasteiger partial charge in [0.25, 0.3) is 0 Å². The summed E-state index contributed by atoms with van der Waals surface area (Å²) in [5, 5.41) is 9.30. The highest BCUT2D eigenvalue weighted by Crippen LogP contribution is 2.33. The van der Waals surface area contributed by atoms with Crippen LogP contribution in [0.1, 0.15) is 11.1 Å². The minimum atomic E-state index is -4.48. The predicted molar refractivity (Wildman–Crippen MR) is 66.6 cm³/mol. The fraction of sp³-hybridized carbons (Fsp3) is 0.0714. The van der Waals surface area contributed by atoms with Crippen molar-refractivity contribution in [1.82, 2.24) is 0 Å². The average molecular weight is 282 g/mol. The molecule has 0 aliphatic rings. The summed E-state index contributed by atoms with van der Waals surface area (Å²) in [6.07, 6.45) is -4.48. The number of hydrogen-bond acceptors (Lipinski definition) is 1. The molecule has 19 heavy (non-hydrogen) atoms. The lowest BCUT2D eigenvalue weighted by Gasteiger charge is -2.10. The summed E-state index contributed by atoms with van der Waals surface area (Å²) in [5.41, 5.74) is 0.0475. The molecule has 2 aromatic carbocycles. The van der Waals surface area contributed by atoms with Crippen molar-refractivity contribution in [2.75, 3.05) is 0 Å². The molecular formula is C14H7ClF3N. The third kappa shape index (κ3) is 3.07. The lowest BCUT2D eigenvalue weighted by Crippen LogP contribution is -2.05. The highest BCUT2D eigenvalue weighted by molar-refractivity contribution is 6.30. The van der Waals surface area contributed by atoms with Gasteiger partial charge in [-0.25, -0.2) is 0 Å². The minimum absolute atomic E-state index is 0.0280. The molecule has 0 aromatic heterocycles. The number of nitrogens with zero attached hydrogens (tertiary/aromatic N) is 1. The van der Waals surface area contributed by atoms with Crippen molar-refractivity contribution in [2.24, 2.45) is 0 Å². The molecule has 2 rings (SSSR count). The maximum Gasteiger partial charge on any atom is 0.416 e. The lowest BCUT2D eigenvalue weighted by molar-refractivity contribution is -0.137. The van der Waals surface area contributed by atoms with Crippen molar-refractivity contribution >= 4 is 11.6 Å². The van der Waals surface area contributed by atoms with Gasteiger partial charge < -0.3 is 0 Å². The van der Waals surface area contributed by atoms with Crippen molar-refractivity contribution in [3.8, 4) is 17.2 Å². The maximum atomic E-state index is 12.7. The molecule has 5 heteroatoms. The van der Waals surface area contributed by atoms with Crippen LogP contribution in [-0.4, -0.2) is 0 Å². The summed E-state index contributed by atoms with van der Waals surface area (Å²) in [6.45, 7) is 0. The molecule has 0 fully saturated rings. The smallest absolute Gasteiger partial charge is 0.192 e. The van der Waals surface area contributed by atoms with Crippen LogP contribution in [-0.2, 0) is 6.18 Å². The van der Waals surface area contributed by atoms with Gasteiger partial charge in [-0.2, -0.15) is 18.4 Å². The van der Waals surface area contributed by atoms with E-state index in [2.05, 4.69) is 0 Å². The van der Waals surface area contributed by atoms with Crippen LogP contribution in [0.15, 0.2) is 42.5 Å². The van der Waals surface area contributed by atoms with Gasteiger partial charge in [0.2, 0.25) is 0 Å². The molecule has 0 aliphatic carbocycles. The van der Waals surface area contributed by atoms with Crippen LogP contribution in [0.4, 0.5) is 13.2 Å². The molecule has 0 saturated carbocycles. The zero-order chi connectivity index (χ0) is 14.0. The molecule has 0 amide bonds. The van der Waals surface area contributed by atoms with E-state index in [1.165, 1.54) is 6.07 Å². The van der Waals surface area contributed by atoms with E-state index >= 15 is 0 Å². The Hall–Kier alpha value is -1.99. The van der Waals surface area contributed by atoms with Crippen molar-refractivity contribution < 1.29 is 13.2 Å². The Kier molecular flexibility index (Phi) is 3.50. The lowest BCUT2D eigenvalue weighted by atomic mass is 10.00. The molecule has 0 bridgehead atoms. The number of alkyl halides is 3. The topological polar surface area (TPSA) is 23.8 Å². The first-order valence-corrected chi connectivity index (χ1v) is 5.66. The Morgan fingerprint density at radius 3 is 2.11 bits per heavy atom. The largest absolute Gasteiger partial charge is 0.416 e. The molecule has 96 valence electrons. The van der Waals surface area contributed by atoms with Gasteiger partial charge in [-0.3, -0.25) is 0 Å². The van der Waals surface area contributed by atoms with Crippen LogP contribution in [0, 0.1) is 11.3 Å². The van der Waals surface area contributed by atoms with Crippen molar-refractivity contribution in [2.45, 2.75) is 6.18 Å². The van der Waals surface area contributed by atoms with E-state index in [1.54, 1.807) is 30.3 Å². The zero-order valence-electron chi connectivity index (χ0n) is 9.50. The summed E-state index contributed by atoms with van der Waals surface area (Å²) < 4.78 is 38.2. The summed E-state index contributed by atoms with van der Waals surface area (Å²) in [7, 11) is 0. The van der Waals surface area contributed by atoms with Gasteiger partial charge in [0.05, 0.1) is 17.2 Å². The highest BCUT2D eigenvalue weighted by atomic mass is 35.5. The Bertz CT molecular complexity index is 639. The number of nitriles is 1. The van der Waals surface area contributed by atoms with Gasteiger partial charge in [0, 0.05) is 5.02 Å². The standard InChI is InChI=1S/C14H7ClF3N/c15-13-3-1-10(2-4-13)11-5-9(8-19)6-12(7-11)14(16,17)18/h1-7H. The van der Waals surface area contributed by atoms with E-state index in [4.69, 9.17) is 16.9 Å². The summed E-state index contributed by atoms with van der Waals surface area (Å²) in [4.78, 5) is 0. The van der Waals surface area contributed by atoms with Gasteiger partial charge >= 0.3 is 6.18 Å². The van der Waals surface area contributed by atoms with Gasteiger partial charge in [-0.1, -0.05) is 23.7 Å². The van der Waals surface area contributed by atoms with Gasteiger partial charge in [0.1, 0.15) is 0 Å². The number of halogens is 4. The molecule has 0 heterocycles. The molecule has 0 saturated heterocycles. The van der Waals surface area contributed by atoms with Gasteiger partial charge in [0.15, 0.2) is 0 Å². The summed E-state index contributed by atoms with van der Waals surface area (Å²) >= 11 is 5.73. The second-order valence-electron chi connectivity index (χ2n) is 3.92. The van der Waals surface area contributed by atoms with E-state index < -0.39 is 11.7 Å². The summed E-state index contributed by atoms with van der Waals surface area (Å²) in [6, 6.07) is 11.4. The van der Waals surface area contributed by atoms with E-state index in [1.807, 2.05) is 0 Å². The zero-order valence-corrected chi connectivity index (χ0v) is 10.3. The molecule has 2 aromatic rings. The van der Waals surface area contributed by atoms with Gasteiger partial charge in [-0.05, 0) is 41.5 Å². The van der Waals surface area contributed by atoms with Crippen LogP contribution in [0.5, 0.6) is 0 Å². The first kappa shape index (κ1) is 13.4. The number of rotatable bonds is 1. The Labute approximate surface area is 112 Å². The van der Waals surface area contributed by atoms with Crippen LogP contribution in [0.3, 0.4) is 0 Å². The average Bonchev–Trinajstić information content (AvgIpc) is 2.38. The fourth-order valence-electron chi connectivity index (χ4n) is 1.66. The molecule has 1 nitrogen and oxygen atoms in total. The summed E-state index contributed by atoms with van der Waals surface area (Å²) in [5.74, 6) is 0. The quantitative estimate of drug-likeness (QED) is 0.729. The minimum Gasteiger partial charge on any atom is -0.192 e. The fourth-order valence-corrected chi connectivity index (χ4v) is 1.79. The highest BCUT2D eigenvalue weighted by Gasteiger charge is 2.31. The van der Waals surface area contributed by atoms with Crippen LogP contribution >= 0.6 is 11.6 Å². The first-order chi connectivity index (χ1) is 8.90. The van der Waals surface area contributed by atoms with Gasteiger partial charge in [-0.15, -0.1) is 0 Å². The third-order valence-corrected chi connectivity index (χ3v) is 2.82. The van der Waals surface area contributed by atoms with Crippen LogP contribution in [0.25, 0.3) is 11.1 Å². The second-order valence-corrected chi connectivity index (χ2v) is 4.35. The predicted octanol–water partition coefficient (Wildman–Crippen LogP) is 4.90. The monoisotopic (exact) mass is 281 g/mol. The van der Waals surface area contributed by atoms with E-state index in [9.17, 15) is 13.2 Å². The third-order valence-electron chi connectivity index (χ3n) is 2.57. The normalized spacial score (nSPS) is 11.1. The molecule has 0 unspecified atom stereocenters. The SMILES string of the molecule is N#Cc1cc(-c2ccc(Cl)cc2)cc(C(F)(F)F)c1. The molecule has 0 N–H and O–H groups in total. The van der Waals surface area contributed by atoms with Crippen LogP contribution < -0.4 is 0 Å². The maximum absolute atomic E-state index is 12.7. The van der Waals surface area contributed by atoms with E-state index in [-0.39, 0.29) is 5.56 Å². The first-order valence-electron chi connectivity index (χ1n) is 5.28. The number of benzene rings is 2. The van der Waals surface area contributed by atoms with Crippen LogP contribution in [0.2, 0.25) is 5.02 Å². The molecule has 0 radical (unpaired) electrons. The second kappa shape index (κ2) is 4.94. The van der Waals surface area contributed by atoms with Crippen molar-refractivity contribution in [3.63, 3.8) is 0 Å². The molecule has 0 aliphatic heterocycles. The van der Waals surface area contributed by atoms with E-state index in [0.29, 0.717) is 16.1 Å². The van der Waals surface area contributed by atoms with Crippen molar-refractivity contribution in [3.05, 3.63) is 58.6 Å². The number of hydrogen-bond donors (Lipinski definition) is 0. The van der Waals surface area contributed by atoms with E-state index in [0.717, 1.165) is 12.1 Å². The Morgan fingerprint density at radius 2 is 1.58 bits per heavy atom.